The second kappa shape index (κ2) is 6.98. The van der Waals surface area contributed by atoms with Crippen LogP contribution in [-0.4, -0.2) is 38.6 Å². The van der Waals surface area contributed by atoms with Crippen molar-refractivity contribution in [3.63, 3.8) is 0 Å². The maximum absolute atomic E-state index is 13.0. The number of aromatic nitrogens is 2. The average molecular weight is 382 g/mol. The average Bonchev–Trinajstić information content (AvgIpc) is 3.38. The highest BCUT2D eigenvalue weighted by molar-refractivity contribution is 7.17. The summed E-state index contributed by atoms with van der Waals surface area (Å²) in [4.78, 5) is 27.3. The summed E-state index contributed by atoms with van der Waals surface area (Å²) in [6.45, 7) is 0.580. The standard InChI is InChI=1S/C19H18N4O3S/c20-18(25)16-7-6-15(27-16)17-12-8-23(9-14(12)21-22-17)19(26)13(10-24)11-4-2-1-3-5-11/h1-7,13,24H,8-10H2,(H2,20,25)(H,21,22). The van der Waals surface area contributed by atoms with E-state index in [2.05, 4.69) is 10.2 Å². The van der Waals surface area contributed by atoms with Gasteiger partial charge in [-0.05, 0) is 17.7 Å². The number of fused-ring (bicyclic) bond motifs is 1. The van der Waals surface area contributed by atoms with E-state index < -0.39 is 11.8 Å². The summed E-state index contributed by atoms with van der Waals surface area (Å²) in [5.74, 6) is -1.18. The van der Waals surface area contributed by atoms with E-state index in [1.165, 1.54) is 11.3 Å². The molecule has 3 aromatic rings. The van der Waals surface area contributed by atoms with Crippen LogP contribution in [0.4, 0.5) is 0 Å². The van der Waals surface area contributed by atoms with E-state index in [0.29, 0.717) is 18.0 Å². The molecule has 4 rings (SSSR count). The maximum atomic E-state index is 13.0. The van der Waals surface area contributed by atoms with E-state index in [4.69, 9.17) is 5.73 Å². The molecule has 1 atom stereocenters. The molecule has 1 aromatic carbocycles. The largest absolute Gasteiger partial charge is 0.395 e. The molecule has 0 spiro atoms. The van der Waals surface area contributed by atoms with Crippen LogP contribution in [0.5, 0.6) is 0 Å². The third-order valence-electron chi connectivity index (χ3n) is 4.73. The number of thiophene rings is 1. The first-order chi connectivity index (χ1) is 13.1. The normalized spacial score (nSPS) is 14.2. The highest BCUT2D eigenvalue weighted by Crippen LogP contribution is 2.35. The number of primary amides is 1. The van der Waals surface area contributed by atoms with E-state index in [0.717, 1.165) is 27.4 Å². The van der Waals surface area contributed by atoms with Gasteiger partial charge in [0.15, 0.2) is 0 Å². The van der Waals surface area contributed by atoms with Gasteiger partial charge in [-0.15, -0.1) is 11.3 Å². The van der Waals surface area contributed by atoms with Gasteiger partial charge in [-0.25, -0.2) is 0 Å². The summed E-state index contributed by atoms with van der Waals surface area (Å²) in [5.41, 5.74) is 8.66. The first-order valence-corrected chi connectivity index (χ1v) is 9.31. The summed E-state index contributed by atoms with van der Waals surface area (Å²) < 4.78 is 0. The summed E-state index contributed by atoms with van der Waals surface area (Å²) in [6, 6.07) is 12.8. The van der Waals surface area contributed by atoms with Crippen LogP contribution in [0.1, 0.15) is 32.4 Å². The van der Waals surface area contributed by atoms with Crippen molar-refractivity contribution in [2.24, 2.45) is 5.73 Å². The molecule has 0 saturated carbocycles. The van der Waals surface area contributed by atoms with Crippen molar-refractivity contribution in [3.05, 3.63) is 64.2 Å². The summed E-state index contributed by atoms with van der Waals surface area (Å²) in [5, 5.41) is 17.1. The number of hydrogen-bond acceptors (Lipinski definition) is 5. The number of aliphatic hydroxyl groups is 1. The zero-order valence-corrected chi connectivity index (χ0v) is 15.2. The molecule has 0 fully saturated rings. The van der Waals surface area contributed by atoms with Gasteiger partial charge in [0.2, 0.25) is 5.91 Å². The molecule has 138 valence electrons. The van der Waals surface area contributed by atoms with Gasteiger partial charge in [-0.3, -0.25) is 14.7 Å². The Labute approximate surface area is 159 Å². The number of carbonyl (C=O) groups excluding carboxylic acids is 2. The zero-order valence-electron chi connectivity index (χ0n) is 14.4. The molecule has 1 aliphatic rings. The minimum absolute atomic E-state index is 0.122. The SMILES string of the molecule is NC(=O)c1ccc(-c2n[nH]c3c2CN(C(=O)C(CO)c2ccccc2)C3)s1. The number of H-pyrrole nitrogens is 1. The lowest BCUT2D eigenvalue weighted by Gasteiger charge is -2.22. The lowest BCUT2D eigenvalue weighted by atomic mass is 9.98. The molecule has 4 N–H and O–H groups in total. The first-order valence-electron chi connectivity index (χ1n) is 8.49. The lowest BCUT2D eigenvalue weighted by molar-refractivity contribution is -0.134. The highest BCUT2D eigenvalue weighted by atomic mass is 32.1. The molecular formula is C19H18N4O3S. The van der Waals surface area contributed by atoms with Gasteiger partial charge in [0.05, 0.1) is 41.1 Å². The summed E-state index contributed by atoms with van der Waals surface area (Å²) in [7, 11) is 0. The molecule has 27 heavy (non-hydrogen) atoms. The Morgan fingerprint density at radius 1 is 1.22 bits per heavy atom. The van der Waals surface area contributed by atoms with Gasteiger partial charge in [0, 0.05) is 5.56 Å². The highest BCUT2D eigenvalue weighted by Gasteiger charge is 2.33. The van der Waals surface area contributed by atoms with Crippen molar-refractivity contribution in [2.75, 3.05) is 6.61 Å². The van der Waals surface area contributed by atoms with Gasteiger partial charge < -0.3 is 15.7 Å². The molecule has 3 heterocycles. The van der Waals surface area contributed by atoms with Crippen molar-refractivity contribution in [1.29, 1.82) is 0 Å². The van der Waals surface area contributed by atoms with Crippen LogP contribution in [0.2, 0.25) is 0 Å². The van der Waals surface area contributed by atoms with Gasteiger partial charge in [-0.1, -0.05) is 30.3 Å². The Bertz CT molecular complexity index is 996. The van der Waals surface area contributed by atoms with Crippen molar-refractivity contribution in [1.82, 2.24) is 15.1 Å². The van der Waals surface area contributed by atoms with Gasteiger partial charge in [-0.2, -0.15) is 5.10 Å². The van der Waals surface area contributed by atoms with Crippen LogP contribution in [0.3, 0.4) is 0 Å². The number of nitrogens with one attached hydrogen (secondary N) is 1. The number of amides is 2. The van der Waals surface area contributed by atoms with Gasteiger partial charge >= 0.3 is 0 Å². The molecular weight excluding hydrogens is 364 g/mol. The lowest BCUT2D eigenvalue weighted by Crippen LogP contribution is -2.32. The van der Waals surface area contributed by atoms with E-state index in [9.17, 15) is 14.7 Å². The Morgan fingerprint density at radius 2 is 2.00 bits per heavy atom. The molecule has 1 unspecified atom stereocenters. The minimum Gasteiger partial charge on any atom is -0.395 e. The van der Waals surface area contributed by atoms with Crippen molar-refractivity contribution < 1.29 is 14.7 Å². The Balaban J connectivity index is 1.57. The Hall–Kier alpha value is -2.97. The zero-order chi connectivity index (χ0) is 19.0. The number of hydrogen-bond donors (Lipinski definition) is 3. The van der Waals surface area contributed by atoms with Gasteiger partial charge in [0.1, 0.15) is 5.69 Å². The van der Waals surface area contributed by atoms with Crippen LogP contribution < -0.4 is 5.73 Å². The number of rotatable bonds is 5. The predicted molar refractivity (Wildman–Crippen MR) is 101 cm³/mol. The van der Waals surface area contributed by atoms with E-state index >= 15 is 0 Å². The number of nitrogens with two attached hydrogens (primary N) is 1. The fraction of sp³-hybridized carbons (Fsp3) is 0.211. The quantitative estimate of drug-likeness (QED) is 0.625. The molecule has 0 saturated heterocycles. The topological polar surface area (TPSA) is 112 Å². The molecule has 7 nitrogen and oxygen atoms in total. The Kier molecular flexibility index (Phi) is 4.51. The third-order valence-corrected chi connectivity index (χ3v) is 5.83. The monoisotopic (exact) mass is 382 g/mol. The molecule has 8 heteroatoms. The van der Waals surface area contributed by atoms with E-state index in [-0.39, 0.29) is 12.5 Å². The smallest absolute Gasteiger partial charge is 0.258 e. The number of aliphatic hydroxyl groups excluding tert-OH is 1. The number of nitrogens with zero attached hydrogens (tertiary/aromatic N) is 2. The van der Waals surface area contributed by atoms with Crippen LogP contribution in [-0.2, 0) is 17.9 Å². The first kappa shape index (κ1) is 17.4. The van der Waals surface area contributed by atoms with Crippen molar-refractivity contribution in [3.8, 4) is 10.6 Å². The third kappa shape index (κ3) is 3.13. The van der Waals surface area contributed by atoms with Crippen LogP contribution in [0.15, 0.2) is 42.5 Å². The summed E-state index contributed by atoms with van der Waals surface area (Å²) >= 11 is 1.28. The number of carbonyl (C=O) groups is 2. The number of aromatic amines is 1. The second-order valence-corrected chi connectivity index (χ2v) is 7.48. The van der Waals surface area contributed by atoms with Crippen molar-refractivity contribution >= 4 is 23.2 Å². The maximum Gasteiger partial charge on any atom is 0.258 e. The molecule has 1 aliphatic heterocycles. The molecule has 0 aliphatic carbocycles. The van der Waals surface area contributed by atoms with Crippen LogP contribution >= 0.6 is 11.3 Å². The molecule has 2 amide bonds. The Morgan fingerprint density at radius 3 is 2.67 bits per heavy atom. The molecule has 2 aromatic heterocycles. The fourth-order valence-electron chi connectivity index (χ4n) is 3.33. The summed E-state index contributed by atoms with van der Waals surface area (Å²) in [6.07, 6.45) is 0. The fourth-order valence-corrected chi connectivity index (χ4v) is 4.20. The van der Waals surface area contributed by atoms with Crippen LogP contribution in [0.25, 0.3) is 10.6 Å². The predicted octanol–water partition coefficient (Wildman–Crippen LogP) is 1.86. The van der Waals surface area contributed by atoms with Crippen LogP contribution in [0, 0.1) is 0 Å². The van der Waals surface area contributed by atoms with E-state index in [1.807, 2.05) is 36.4 Å². The van der Waals surface area contributed by atoms with E-state index in [1.54, 1.807) is 11.0 Å². The molecule has 0 radical (unpaired) electrons. The number of benzene rings is 1. The van der Waals surface area contributed by atoms with Crippen molar-refractivity contribution in [2.45, 2.75) is 19.0 Å². The van der Waals surface area contributed by atoms with Gasteiger partial charge in [0.25, 0.3) is 5.91 Å². The minimum atomic E-state index is -0.588. The molecule has 0 bridgehead atoms. The second-order valence-electron chi connectivity index (χ2n) is 6.40.